The molecule has 172 valence electrons. The Kier molecular flexibility index (Phi) is 5.56. The van der Waals surface area contributed by atoms with E-state index in [4.69, 9.17) is 20.9 Å². The molecule has 3 aromatic carbocycles. The fourth-order valence-electron chi connectivity index (χ4n) is 3.49. The minimum absolute atomic E-state index is 0.225. The number of para-hydroxylation sites is 1. The van der Waals surface area contributed by atoms with Crippen LogP contribution in [0.15, 0.2) is 85.1 Å². The number of H-pyrrole nitrogens is 1. The van der Waals surface area contributed by atoms with Gasteiger partial charge in [-0.05, 0) is 48.5 Å². The summed E-state index contributed by atoms with van der Waals surface area (Å²) in [6, 6.07) is 22.0. The highest BCUT2D eigenvalue weighted by molar-refractivity contribution is 5.96. The molecule has 5 N–H and O–H groups in total. The number of primary amides is 2. The summed E-state index contributed by atoms with van der Waals surface area (Å²) in [5.74, 6) is 0.797. The summed E-state index contributed by atoms with van der Waals surface area (Å²) in [5, 5.41) is 0. The average Bonchev–Trinajstić information content (AvgIpc) is 3.28. The van der Waals surface area contributed by atoms with Crippen molar-refractivity contribution in [3.05, 3.63) is 96.2 Å². The standard InChI is InChI=1S/C26H19N5O4/c27-24(32)15-8-10-16(11-9-15)34-22-13-19-20(31-26(30-19)18-6-3-4-12-29-18)14-23(22)35-21-7-2-1-5-17(21)25(28)33/h1-14H,(H2,27,32)(H2,28,33)(H,30,31). The van der Waals surface area contributed by atoms with Crippen LogP contribution in [0.5, 0.6) is 23.0 Å². The van der Waals surface area contributed by atoms with Gasteiger partial charge in [-0.1, -0.05) is 18.2 Å². The van der Waals surface area contributed by atoms with Gasteiger partial charge in [-0.2, -0.15) is 0 Å². The van der Waals surface area contributed by atoms with Crippen LogP contribution < -0.4 is 20.9 Å². The lowest BCUT2D eigenvalue weighted by atomic mass is 10.2. The zero-order valence-corrected chi connectivity index (χ0v) is 18.3. The van der Waals surface area contributed by atoms with Gasteiger partial charge in [-0.25, -0.2) is 4.98 Å². The number of nitrogens with one attached hydrogen (secondary N) is 1. The number of fused-ring (bicyclic) bond motifs is 1. The number of hydrogen-bond donors (Lipinski definition) is 3. The van der Waals surface area contributed by atoms with Gasteiger partial charge in [0.2, 0.25) is 5.91 Å². The molecule has 5 rings (SSSR count). The Labute approximate surface area is 199 Å². The maximum absolute atomic E-state index is 11.9. The number of rotatable bonds is 7. The normalized spacial score (nSPS) is 10.7. The average molecular weight is 465 g/mol. The van der Waals surface area contributed by atoms with E-state index in [1.807, 2.05) is 18.2 Å². The molecule has 0 aliphatic heterocycles. The highest BCUT2D eigenvalue weighted by atomic mass is 16.5. The zero-order chi connectivity index (χ0) is 24.4. The van der Waals surface area contributed by atoms with Crippen LogP contribution in [-0.2, 0) is 0 Å². The predicted octanol–water partition coefficient (Wildman–Crippen LogP) is 4.41. The Balaban J connectivity index is 1.59. The lowest BCUT2D eigenvalue weighted by Crippen LogP contribution is -2.12. The molecule has 2 heterocycles. The van der Waals surface area contributed by atoms with Crippen LogP contribution >= 0.6 is 0 Å². The number of nitrogens with two attached hydrogens (primary N) is 2. The summed E-state index contributed by atoms with van der Waals surface area (Å²) in [4.78, 5) is 35.5. The van der Waals surface area contributed by atoms with Gasteiger partial charge in [0.05, 0.1) is 16.6 Å². The van der Waals surface area contributed by atoms with E-state index in [-0.39, 0.29) is 11.3 Å². The van der Waals surface area contributed by atoms with Crippen molar-refractivity contribution in [3.63, 3.8) is 0 Å². The highest BCUT2D eigenvalue weighted by Gasteiger charge is 2.17. The third-order valence-corrected chi connectivity index (χ3v) is 5.19. The van der Waals surface area contributed by atoms with Crippen molar-refractivity contribution in [2.75, 3.05) is 0 Å². The first kappa shape index (κ1) is 21.7. The molecule has 0 spiro atoms. The maximum atomic E-state index is 11.9. The van der Waals surface area contributed by atoms with Crippen molar-refractivity contribution in [2.45, 2.75) is 0 Å². The highest BCUT2D eigenvalue weighted by Crippen LogP contribution is 2.39. The molecule has 0 aliphatic rings. The van der Waals surface area contributed by atoms with Crippen molar-refractivity contribution in [3.8, 4) is 34.5 Å². The van der Waals surface area contributed by atoms with Gasteiger partial charge in [-0.3, -0.25) is 14.6 Å². The number of pyridine rings is 1. The number of hydrogen-bond acceptors (Lipinski definition) is 6. The fraction of sp³-hybridized carbons (Fsp3) is 0. The van der Waals surface area contributed by atoms with Gasteiger partial charge in [0.1, 0.15) is 17.2 Å². The van der Waals surface area contributed by atoms with E-state index in [0.29, 0.717) is 45.4 Å². The van der Waals surface area contributed by atoms with Gasteiger partial charge in [0.25, 0.3) is 5.91 Å². The molecule has 9 nitrogen and oxygen atoms in total. The maximum Gasteiger partial charge on any atom is 0.252 e. The summed E-state index contributed by atoms with van der Waals surface area (Å²) >= 11 is 0. The fourth-order valence-corrected chi connectivity index (χ4v) is 3.49. The van der Waals surface area contributed by atoms with Gasteiger partial charge >= 0.3 is 0 Å². The monoisotopic (exact) mass is 465 g/mol. The topological polar surface area (TPSA) is 146 Å². The molecule has 0 saturated heterocycles. The van der Waals surface area contributed by atoms with E-state index in [0.717, 1.165) is 0 Å². The Morgan fingerprint density at radius 1 is 0.771 bits per heavy atom. The third-order valence-electron chi connectivity index (χ3n) is 5.19. The number of carbonyl (C=O) groups excluding carboxylic acids is 2. The van der Waals surface area contributed by atoms with Crippen LogP contribution in [0.2, 0.25) is 0 Å². The molecular formula is C26H19N5O4. The van der Waals surface area contributed by atoms with Crippen LogP contribution in [0.1, 0.15) is 20.7 Å². The number of nitrogens with zero attached hydrogens (tertiary/aromatic N) is 2. The van der Waals surface area contributed by atoms with Crippen molar-refractivity contribution in [1.82, 2.24) is 15.0 Å². The molecule has 35 heavy (non-hydrogen) atoms. The van der Waals surface area contributed by atoms with E-state index in [9.17, 15) is 9.59 Å². The van der Waals surface area contributed by atoms with Crippen LogP contribution in [0.3, 0.4) is 0 Å². The van der Waals surface area contributed by atoms with Gasteiger partial charge in [-0.15, -0.1) is 0 Å². The molecule has 0 unspecified atom stereocenters. The van der Waals surface area contributed by atoms with E-state index < -0.39 is 11.8 Å². The number of imidazole rings is 1. The SMILES string of the molecule is NC(=O)c1ccc(Oc2cc3nc(-c4ccccn4)[nH]c3cc2Oc2ccccc2C(N)=O)cc1. The molecule has 0 atom stereocenters. The zero-order valence-electron chi connectivity index (χ0n) is 18.3. The number of aromatic nitrogens is 3. The smallest absolute Gasteiger partial charge is 0.252 e. The Hall–Kier alpha value is -5.18. The molecule has 2 aromatic heterocycles. The second-order valence-corrected chi connectivity index (χ2v) is 7.57. The number of carbonyl (C=O) groups is 2. The molecule has 5 aromatic rings. The summed E-state index contributed by atoms with van der Waals surface area (Å²) in [5.41, 5.74) is 13.4. The van der Waals surface area contributed by atoms with E-state index in [1.54, 1.807) is 66.9 Å². The van der Waals surface area contributed by atoms with Gasteiger partial charge in [0.15, 0.2) is 17.3 Å². The second kappa shape index (κ2) is 8.99. The van der Waals surface area contributed by atoms with E-state index in [1.165, 1.54) is 0 Å². The van der Waals surface area contributed by atoms with Crippen LogP contribution in [0.25, 0.3) is 22.6 Å². The van der Waals surface area contributed by atoms with Crippen LogP contribution in [0, 0.1) is 0 Å². The van der Waals surface area contributed by atoms with Crippen molar-refractivity contribution in [1.29, 1.82) is 0 Å². The molecule has 0 aliphatic carbocycles. The van der Waals surface area contributed by atoms with Crippen molar-refractivity contribution in [2.24, 2.45) is 11.5 Å². The first-order valence-corrected chi connectivity index (χ1v) is 10.6. The Morgan fingerprint density at radius 2 is 1.51 bits per heavy atom. The Bertz CT molecular complexity index is 1550. The minimum atomic E-state index is -0.620. The predicted molar refractivity (Wildman–Crippen MR) is 129 cm³/mol. The first-order valence-electron chi connectivity index (χ1n) is 10.6. The summed E-state index contributed by atoms with van der Waals surface area (Å²) < 4.78 is 12.2. The number of aromatic amines is 1. The van der Waals surface area contributed by atoms with Crippen LogP contribution in [0.4, 0.5) is 0 Å². The molecule has 0 bridgehead atoms. The summed E-state index contributed by atoms with van der Waals surface area (Å²) in [7, 11) is 0. The molecular weight excluding hydrogens is 446 g/mol. The number of benzene rings is 3. The largest absolute Gasteiger partial charge is 0.453 e. The van der Waals surface area contributed by atoms with Gasteiger partial charge in [0, 0.05) is 23.9 Å². The number of ether oxygens (including phenoxy) is 2. The third kappa shape index (κ3) is 4.51. The van der Waals surface area contributed by atoms with Gasteiger partial charge < -0.3 is 25.9 Å². The van der Waals surface area contributed by atoms with E-state index in [2.05, 4.69) is 15.0 Å². The Morgan fingerprint density at radius 3 is 2.23 bits per heavy atom. The second-order valence-electron chi connectivity index (χ2n) is 7.57. The lowest BCUT2D eigenvalue weighted by molar-refractivity contribution is 0.0990. The van der Waals surface area contributed by atoms with Crippen LogP contribution in [-0.4, -0.2) is 26.8 Å². The number of amides is 2. The quantitative estimate of drug-likeness (QED) is 0.324. The minimum Gasteiger partial charge on any atom is -0.453 e. The van der Waals surface area contributed by atoms with Crippen molar-refractivity contribution < 1.29 is 19.1 Å². The molecule has 9 heteroatoms. The molecule has 0 saturated carbocycles. The lowest BCUT2D eigenvalue weighted by Gasteiger charge is -2.14. The first-order chi connectivity index (χ1) is 17.0. The summed E-state index contributed by atoms with van der Waals surface area (Å²) in [6.45, 7) is 0. The molecule has 0 radical (unpaired) electrons. The van der Waals surface area contributed by atoms with E-state index >= 15 is 0 Å². The van der Waals surface area contributed by atoms with Crippen molar-refractivity contribution >= 4 is 22.8 Å². The molecule has 0 fully saturated rings. The molecule has 2 amide bonds. The summed E-state index contributed by atoms with van der Waals surface area (Å²) in [6.07, 6.45) is 1.68.